The topological polar surface area (TPSA) is 58.6 Å². The van der Waals surface area contributed by atoms with Gasteiger partial charge in [0.15, 0.2) is 6.61 Å². The van der Waals surface area contributed by atoms with Gasteiger partial charge in [-0.3, -0.25) is 9.59 Å². The van der Waals surface area contributed by atoms with Gasteiger partial charge in [0, 0.05) is 18.7 Å². The van der Waals surface area contributed by atoms with Gasteiger partial charge in [-0.2, -0.15) is 0 Å². The Balaban J connectivity index is 1.54. The van der Waals surface area contributed by atoms with E-state index in [-0.39, 0.29) is 24.5 Å². The Morgan fingerprint density at radius 2 is 1.88 bits per heavy atom. The van der Waals surface area contributed by atoms with Crippen molar-refractivity contribution >= 4 is 17.5 Å². The lowest BCUT2D eigenvalue weighted by atomic mass is 9.87. The van der Waals surface area contributed by atoms with Crippen LogP contribution >= 0.6 is 0 Å². The number of benzene rings is 3. The molecule has 6 heteroatoms. The second-order valence-corrected chi connectivity index (χ2v) is 7.71. The van der Waals surface area contributed by atoms with Crippen molar-refractivity contribution in [3.63, 3.8) is 0 Å². The summed E-state index contributed by atoms with van der Waals surface area (Å²) in [7, 11) is 0. The fourth-order valence-electron chi connectivity index (χ4n) is 4.06. The van der Waals surface area contributed by atoms with Crippen molar-refractivity contribution in [3.05, 3.63) is 95.3 Å². The van der Waals surface area contributed by atoms with E-state index in [0.29, 0.717) is 24.4 Å². The first kappa shape index (κ1) is 21.6. The molecule has 0 aromatic heterocycles. The average Bonchev–Trinajstić information content (AvgIpc) is 2.82. The van der Waals surface area contributed by atoms with Crippen LogP contribution in [0.15, 0.2) is 72.8 Å². The molecule has 3 aromatic rings. The number of anilines is 1. The molecular formula is C26H25FN2O3. The lowest BCUT2D eigenvalue weighted by molar-refractivity contribution is -0.132. The number of nitrogens with one attached hydrogen (secondary N) is 1. The van der Waals surface area contributed by atoms with Gasteiger partial charge < -0.3 is 15.0 Å². The van der Waals surface area contributed by atoms with Crippen molar-refractivity contribution in [2.75, 3.05) is 18.5 Å². The summed E-state index contributed by atoms with van der Waals surface area (Å²) < 4.78 is 19.0. The minimum atomic E-state index is -0.420. The SMILES string of the molecule is CCC(=O)N1CCc2ccc(OCC(=O)Nc3cccc(F)c3)cc2C1c1ccccc1. The molecule has 32 heavy (non-hydrogen) atoms. The predicted octanol–water partition coefficient (Wildman–Crippen LogP) is 4.73. The molecule has 1 unspecified atom stereocenters. The van der Waals surface area contributed by atoms with E-state index in [1.165, 1.54) is 18.2 Å². The molecule has 0 saturated carbocycles. The van der Waals surface area contributed by atoms with Crippen LogP contribution < -0.4 is 10.1 Å². The normalized spacial score (nSPS) is 15.1. The molecule has 1 heterocycles. The third-order valence-corrected chi connectivity index (χ3v) is 5.56. The summed E-state index contributed by atoms with van der Waals surface area (Å²) >= 11 is 0. The molecule has 1 aliphatic heterocycles. The zero-order valence-corrected chi connectivity index (χ0v) is 17.9. The molecule has 5 nitrogen and oxygen atoms in total. The molecule has 164 valence electrons. The zero-order valence-electron chi connectivity index (χ0n) is 17.9. The first-order chi connectivity index (χ1) is 15.5. The number of amides is 2. The second kappa shape index (κ2) is 9.64. The van der Waals surface area contributed by atoms with E-state index in [1.807, 2.05) is 60.4 Å². The molecule has 1 aliphatic rings. The summed E-state index contributed by atoms with van der Waals surface area (Å²) in [5.41, 5.74) is 3.58. The highest BCUT2D eigenvalue weighted by Gasteiger charge is 2.31. The Hall–Kier alpha value is -3.67. The summed E-state index contributed by atoms with van der Waals surface area (Å²) in [6.07, 6.45) is 1.21. The predicted molar refractivity (Wildman–Crippen MR) is 121 cm³/mol. The fourth-order valence-corrected chi connectivity index (χ4v) is 4.06. The summed E-state index contributed by atoms with van der Waals surface area (Å²) in [5, 5.41) is 2.62. The van der Waals surface area contributed by atoms with Gasteiger partial charge in [0.05, 0.1) is 6.04 Å². The van der Waals surface area contributed by atoms with Crippen molar-refractivity contribution in [2.45, 2.75) is 25.8 Å². The highest BCUT2D eigenvalue weighted by Crippen LogP contribution is 2.37. The van der Waals surface area contributed by atoms with Crippen LogP contribution in [0.5, 0.6) is 5.75 Å². The number of ether oxygens (including phenoxy) is 1. The fraction of sp³-hybridized carbons (Fsp3) is 0.231. The highest BCUT2D eigenvalue weighted by atomic mass is 19.1. The van der Waals surface area contributed by atoms with E-state index in [4.69, 9.17) is 4.74 Å². The summed E-state index contributed by atoms with van der Waals surface area (Å²) in [6, 6.07) is 21.2. The molecule has 0 radical (unpaired) electrons. The van der Waals surface area contributed by atoms with Gasteiger partial charge in [-0.15, -0.1) is 0 Å². The molecule has 3 aromatic carbocycles. The van der Waals surface area contributed by atoms with E-state index in [1.54, 1.807) is 6.07 Å². The van der Waals surface area contributed by atoms with Crippen molar-refractivity contribution < 1.29 is 18.7 Å². The largest absolute Gasteiger partial charge is 0.484 e. The van der Waals surface area contributed by atoms with Gasteiger partial charge in [0.25, 0.3) is 5.91 Å². The highest BCUT2D eigenvalue weighted by molar-refractivity contribution is 5.91. The molecule has 0 aliphatic carbocycles. The number of carbonyl (C=O) groups excluding carboxylic acids is 2. The number of fused-ring (bicyclic) bond motifs is 1. The zero-order chi connectivity index (χ0) is 22.5. The first-order valence-electron chi connectivity index (χ1n) is 10.7. The van der Waals surface area contributed by atoms with Crippen molar-refractivity contribution in [2.24, 2.45) is 0 Å². The van der Waals surface area contributed by atoms with Crippen LogP contribution in [0.4, 0.5) is 10.1 Å². The van der Waals surface area contributed by atoms with Crippen molar-refractivity contribution in [3.8, 4) is 5.75 Å². The standard InChI is InChI=1S/C26H25FN2O3/c1-2-25(31)29-14-13-18-11-12-22(16-23(18)26(29)19-7-4-3-5-8-19)32-17-24(30)28-21-10-6-9-20(27)15-21/h3-12,15-16,26H,2,13-14,17H2,1H3,(H,28,30). The third kappa shape index (κ3) is 4.80. The molecule has 0 fully saturated rings. The Kier molecular flexibility index (Phi) is 6.50. The van der Waals surface area contributed by atoms with Crippen LogP contribution in [0.2, 0.25) is 0 Å². The summed E-state index contributed by atoms with van der Waals surface area (Å²) in [4.78, 5) is 26.8. The monoisotopic (exact) mass is 432 g/mol. The maximum Gasteiger partial charge on any atom is 0.262 e. The van der Waals surface area contributed by atoms with E-state index in [0.717, 1.165) is 23.1 Å². The van der Waals surface area contributed by atoms with Gasteiger partial charge >= 0.3 is 0 Å². The maximum absolute atomic E-state index is 13.3. The number of halogens is 1. The van der Waals surface area contributed by atoms with Crippen LogP contribution in [0.25, 0.3) is 0 Å². The first-order valence-corrected chi connectivity index (χ1v) is 10.7. The van der Waals surface area contributed by atoms with Crippen molar-refractivity contribution in [1.82, 2.24) is 4.90 Å². The van der Waals surface area contributed by atoms with E-state index in [9.17, 15) is 14.0 Å². The number of hydrogen-bond donors (Lipinski definition) is 1. The summed E-state index contributed by atoms with van der Waals surface area (Å²) in [6.45, 7) is 2.33. The Bertz CT molecular complexity index is 1120. The van der Waals surface area contributed by atoms with Gasteiger partial charge in [-0.1, -0.05) is 49.4 Å². The van der Waals surface area contributed by atoms with Crippen LogP contribution in [0, 0.1) is 5.82 Å². The summed E-state index contributed by atoms with van der Waals surface area (Å²) in [5.74, 6) is -0.151. The molecule has 1 atom stereocenters. The molecular weight excluding hydrogens is 407 g/mol. The van der Waals surface area contributed by atoms with Gasteiger partial charge in [0.2, 0.25) is 5.91 Å². The second-order valence-electron chi connectivity index (χ2n) is 7.71. The minimum Gasteiger partial charge on any atom is -0.484 e. The van der Waals surface area contributed by atoms with Crippen LogP contribution in [0.3, 0.4) is 0 Å². The quantitative estimate of drug-likeness (QED) is 0.613. The van der Waals surface area contributed by atoms with Crippen LogP contribution in [0.1, 0.15) is 36.1 Å². The molecule has 0 bridgehead atoms. The van der Waals surface area contributed by atoms with Gasteiger partial charge in [0.1, 0.15) is 11.6 Å². The van der Waals surface area contributed by atoms with Crippen LogP contribution in [-0.2, 0) is 16.0 Å². The number of carbonyl (C=O) groups is 2. The Morgan fingerprint density at radius 1 is 1.06 bits per heavy atom. The Morgan fingerprint density at radius 3 is 2.62 bits per heavy atom. The number of rotatable bonds is 6. The smallest absolute Gasteiger partial charge is 0.262 e. The number of nitrogens with zero attached hydrogens (tertiary/aromatic N) is 1. The molecule has 4 rings (SSSR count). The molecule has 0 saturated heterocycles. The lowest BCUT2D eigenvalue weighted by Gasteiger charge is -2.38. The van der Waals surface area contributed by atoms with E-state index in [2.05, 4.69) is 5.32 Å². The van der Waals surface area contributed by atoms with E-state index >= 15 is 0 Å². The molecule has 1 N–H and O–H groups in total. The average molecular weight is 432 g/mol. The lowest BCUT2D eigenvalue weighted by Crippen LogP contribution is -2.40. The molecule has 0 spiro atoms. The number of hydrogen-bond acceptors (Lipinski definition) is 3. The molecule has 2 amide bonds. The van der Waals surface area contributed by atoms with Gasteiger partial charge in [-0.05, 0) is 53.4 Å². The van der Waals surface area contributed by atoms with E-state index < -0.39 is 5.82 Å². The van der Waals surface area contributed by atoms with Crippen LogP contribution in [-0.4, -0.2) is 29.9 Å². The maximum atomic E-state index is 13.3. The Labute approximate surface area is 186 Å². The van der Waals surface area contributed by atoms with Crippen molar-refractivity contribution in [1.29, 1.82) is 0 Å². The minimum absolute atomic E-state index is 0.102. The van der Waals surface area contributed by atoms with Gasteiger partial charge in [-0.25, -0.2) is 4.39 Å². The third-order valence-electron chi connectivity index (χ3n) is 5.56.